The molecule has 1 aromatic heterocycles. The van der Waals surface area contributed by atoms with Crippen LogP contribution in [0, 0.1) is 0 Å². The molecule has 1 rings (SSSR count). The summed E-state index contributed by atoms with van der Waals surface area (Å²) in [5, 5.41) is 10.9. The summed E-state index contributed by atoms with van der Waals surface area (Å²) in [6, 6.07) is 0. The van der Waals surface area contributed by atoms with E-state index < -0.39 is 0 Å². The second kappa shape index (κ2) is 6.12. The van der Waals surface area contributed by atoms with Gasteiger partial charge in [0.05, 0.1) is 17.9 Å². The van der Waals surface area contributed by atoms with Crippen LogP contribution in [0.5, 0.6) is 0 Å². The summed E-state index contributed by atoms with van der Waals surface area (Å²) < 4.78 is 0. The minimum atomic E-state index is -0.0220. The highest BCUT2D eigenvalue weighted by atomic mass is 16.2. The van der Waals surface area contributed by atoms with Crippen molar-refractivity contribution in [2.45, 2.75) is 26.7 Å². The summed E-state index contributed by atoms with van der Waals surface area (Å²) >= 11 is 0. The number of anilines is 1. The van der Waals surface area contributed by atoms with E-state index in [1.54, 1.807) is 14.1 Å². The number of nitrogens with zero attached hydrogens (tertiary/aromatic N) is 4. The quantitative estimate of drug-likeness (QED) is 0.807. The van der Waals surface area contributed by atoms with Crippen LogP contribution in [0.4, 0.5) is 5.95 Å². The van der Waals surface area contributed by atoms with Crippen molar-refractivity contribution in [3.8, 4) is 0 Å². The molecule has 0 aliphatic carbocycles. The Hall–Kier alpha value is -1.72. The maximum Gasteiger partial charge on any atom is 0.243 e. The van der Waals surface area contributed by atoms with E-state index in [1.165, 1.54) is 4.90 Å². The summed E-state index contributed by atoms with van der Waals surface area (Å²) in [5.41, 5.74) is 1.85. The van der Waals surface area contributed by atoms with E-state index in [-0.39, 0.29) is 12.5 Å². The molecule has 0 fully saturated rings. The van der Waals surface area contributed by atoms with Crippen LogP contribution in [-0.4, -0.2) is 46.6 Å². The number of hydrogen-bond acceptors (Lipinski definition) is 5. The molecular weight excluding hydrogens is 218 g/mol. The number of rotatable bonds is 5. The lowest BCUT2D eigenvalue weighted by Gasteiger charge is -2.11. The molecule has 0 aromatic carbocycles. The molecule has 0 unspecified atom stereocenters. The Kier molecular flexibility index (Phi) is 4.81. The molecule has 94 valence electrons. The normalized spacial score (nSPS) is 10.1. The van der Waals surface area contributed by atoms with Gasteiger partial charge in [0.25, 0.3) is 0 Å². The Labute approximate surface area is 101 Å². The fraction of sp³-hybridized carbons (Fsp3) is 0.636. The van der Waals surface area contributed by atoms with Gasteiger partial charge in [-0.05, 0) is 12.8 Å². The zero-order valence-electron chi connectivity index (χ0n) is 10.8. The number of likely N-dealkylation sites (N-methyl/N-ethyl adjacent to an activating group) is 1. The predicted octanol–water partition coefficient (Wildman–Crippen LogP) is 0.496. The van der Waals surface area contributed by atoms with Gasteiger partial charge < -0.3 is 10.2 Å². The topological polar surface area (TPSA) is 71.0 Å². The molecule has 1 heterocycles. The van der Waals surface area contributed by atoms with Gasteiger partial charge >= 0.3 is 0 Å². The molecule has 0 saturated carbocycles. The minimum absolute atomic E-state index is 0.0220. The number of hydrogen-bond donors (Lipinski definition) is 1. The smallest absolute Gasteiger partial charge is 0.243 e. The third kappa shape index (κ3) is 3.65. The van der Waals surface area contributed by atoms with Crippen LogP contribution in [0.25, 0.3) is 0 Å². The maximum absolute atomic E-state index is 11.4. The lowest BCUT2D eigenvalue weighted by Crippen LogP contribution is -2.29. The van der Waals surface area contributed by atoms with E-state index in [2.05, 4.69) is 20.5 Å². The van der Waals surface area contributed by atoms with Gasteiger partial charge in [-0.3, -0.25) is 4.79 Å². The standard InChI is InChI=1S/C11H19N5O/c1-5-8-9(6-2)14-15-11(13-8)12-7-10(17)16(3)4/h5-7H2,1-4H3,(H,12,13,15). The van der Waals surface area contributed by atoms with Crippen LogP contribution in [0.3, 0.4) is 0 Å². The number of amides is 1. The van der Waals surface area contributed by atoms with Crippen molar-refractivity contribution in [3.05, 3.63) is 11.4 Å². The first-order chi connectivity index (χ1) is 8.08. The van der Waals surface area contributed by atoms with Crippen molar-refractivity contribution in [2.75, 3.05) is 26.0 Å². The zero-order valence-corrected chi connectivity index (χ0v) is 10.8. The highest BCUT2D eigenvalue weighted by Gasteiger charge is 2.08. The molecule has 0 aliphatic rings. The lowest BCUT2D eigenvalue weighted by atomic mass is 10.2. The van der Waals surface area contributed by atoms with E-state index in [0.717, 1.165) is 24.2 Å². The fourth-order valence-electron chi connectivity index (χ4n) is 1.33. The summed E-state index contributed by atoms with van der Waals surface area (Å²) in [6.45, 7) is 4.23. The fourth-order valence-corrected chi connectivity index (χ4v) is 1.33. The van der Waals surface area contributed by atoms with Crippen molar-refractivity contribution in [1.29, 1.82) is 0 Å². The second-order valence-corrected chi connectivity index (χ2v) is 3.88. The van der Waals surface area contributed by atoms with E-state index >= 15 is 0 Å². The Morgan fingerprint density at radius 2 is 1.82 bits per heavy atom. The largest absolute Gasteiger partial charge is 0.347 e. The van der Waals surface area contributed by atoms with Gasteiger partial charge in [-0.25, -0.2) is 4.98 Å². The number of nitrogens with one attached hydrogen (secondary N) is 1. The van der Waals surface area contributed by atoms with Crippen molar-refractivity contribution in [1.82, 2.24) is 20.1 Å². The molecule has 0 radical (unpaired) electrons. The molecule has 6 nitrogen and oxygen atoms in total. The monoisotopic (exact) mass is 237 g/mol. The van der Waals surface area contributed by atoms with Crippen molar-refractivity contribution < 1.29 is 4.79 Å². The molecule has 0 spiro atoms. The molecule has 0 bridgehead atoms. The molecule has 6 heteroatoms. The van der Waals surface area contributed by atoms with Crippen LogP contribution in [0.1, 0.15) is 25.2 Å². The maximum atomic E-state index is 11.4. The Balaban J connectivity index is 2.69. The van der Waals surface area contributed by atoms with Crippen LogP contribution in [0.15, 0.2) is 0 Å². The number of aryl methyl sites for hydroxylation is 2. The highest BCUT2D eigenvalue weighted by Crippen LogP contribution is 2.06. The summed E-state index contributed by atoms with van der Waals surface area (Å²) in [5.74, 6) is 0.389. The molecule has 1 N–H and O–H groups in total. The van der Waals surface area contributed by atoms with Crippen LogP contribution in [0.2, 0.25) is 0 Å². The van der Waals surface area contributed by atoms with E-state index in [4.69, 9.17) is 0 Å². The highest BCUT2D eigenvalue weighted by molar-refractivity contribution is 5.79. The Morgan fingerprint density at radius 3 is 2.35 bits per heavy atom. The first-order valence-corrected chi connectivity index (χ1v) is 5.75. The minimum Gasteiger partial charge on any atom is -0.347 e. The molecule has 0 aliphatic heterocycles. The molecular formula is C11H19N5O. The van der Waals surface area contributed by atoms with Crippen LogP contribution < -0.4 is 5.32 Å². The number of aromatic nitrogens is 3. The summed E-state index contributed by atoms with van der Waals surface area (Å²) in [7, 11) is 3.42. The molecule has 0 saturated heterocycles. The van der Waals surface area contributed by atoms with Gasteiger partial charge in [0.15, 0.2) is 0 Å². The van der Waals surface area contributed by atoms with Gasteiger partial charge in [-0.2, -0.15) is 5.10 Å². The Morgan fingerprint density at radius 1 is 1.18 bits per heavy atom. The first kappa shape index (κ1) is 13.3. The van der Waals surface area contributed by atoms with E-state index in [0.29, 0.717) is 5.95 Å². The average Bonchev–Trinajstić information content (AvgIpc) is 2.35. The van der Waals surface area contributed by atoms with Gasteiger partial charge in [-0.15, -0.1) is 5.10 Å². The molecule has 1 amide bonds. The van der Waals surface area contributed by atoms with Crippen molar-refractivity contribution in [3.63, 3.8) is 0 Å². The van der Waals surface area contributed by atoms with Crippen molar-refractivity contribution in [2.24, 2.45) is 0 Å². The van der Waals surface area contributed by atoms with Crippen LogP contribution in [-0.2, 0) is 17.6 Å². The molecule has 17 heavy (non-hydrogen) atoms. The molecule has 1 aromatic rings. The summed E-state index contributed by atoms with van der Waals surface area (Å²) in [4.78, 5) is 17.2. The summed E-state index contributed by atoms with van der Waals surface area (Å²) in [6.07, 6.45) is 1.63. The Bertz CT molecular complexity index is 391. The first-order valence-electron chi connectivity index (χ1n) is 5.75. The number of carbonyl (C=O) groups is 1. The van der Waals surface area contributed by atoms with Gasteiger partial charge in [0, 0.05) is 14.1 Å². The third-order valence-corrected chi connectivity index (χ3v) is 2.41. The average molecular weight is 237 g/mol. The van der Waals surface area contributed by atoms with Gasteiger partial charge in [0.2, 0.25) is 11.9 Å². The van der Waals surface area contributed by atoms with Gasteiger partial charge in [0.1, 0.15) is 0 Å². The molecule has 0 atom stereocenters. The number of carbonyl (C=O) groups excluding carboxylic acids is 1. The predicted molar refractivity (Wildman–Crippen MR) is 65.8 cm³/mol. The SMILES string of the molecule is CCc1nnc(NCC(=O)N(C)C)nc1CC. The van der Waals surface area contributed by atoms with Crippen molar-refractivity contribution >= 4 is 11.9 Å². The van der Waals surface area contributed by atoms with Gasteiger partial charge in [-0.1, -0.05) is 13.8 Å². The van der Waals surface area contributed by atoms with E-state index in [9.17, 15) is 4.79 Å². The zero-order chi connectivity index (χ0) is 12.8. The third-order valence-electron chi connectivity index (χ3n) is 2.41. The lowest BCUT2D eigenvalue weighted by molar-refractivity contribution is -0.126. The van der Waals surface area contributed by atoms with Crippen LogP contribution >= 0.6 is 0 Å². The second-order valence-electron chi connectivity index (χ2n) is 3.88. The van der Waals surface area contributed by atoms with E-state index in [1.807, 2.05) is 13.8 Å².